The van der Waals surface area contributed by atoms with Gasteiger partial charge >= 0.3 is 0 Å². The maximum Gasteiger partial charge on any atom is 0.251 e. The van der Waals surface area contributed by atoms with Gasteiger partial charge in [-0.1, -0.05) is 50.6 Å². The Labute approximate surface area is 217 Å². The van der Waals surface area contributed by atoms with Crippen molar-refractivity contribution in [2.75, 3.05) is 7.11 Å². The second-order valence-corrected chi connectivity index (χ2v) is 11.7. The molecule has 3 heterocycles. The maximum atomic E-state index is 13.4. The van der Waals surface area contributed by atoms with Crippen LogP contribution < -0.4 is 4.74 Å². The molecular formula is C29H33ClN4O2. The Balaban J connectivity index is 1.75. The third-order valence-corrected chi connectivity index (χ3v) is 7.47. The summed E-state index contributed by atoms with van der Waals surface area (Å²) in [6.45, 7) is 10.6. The number of hydrogen-bond acceptors (Lipinski definition) is 4. The summed E-state index contributed by atoms with van der Waals surface area (Å²) >= 11 is 6.23. The van der Waals surface area contributed by atoms with Gasteiger partial charge in [0.25, 0.3) is 5.91 Å². The molecule has 0 aliphatic carbocycles. The van der Waals surface area contributed by atoms with Crippen molar-refractivity contribution in [1.82, 2.24) is 15.1 Å². The normalized spacial score (nSPS) is 21.6. The van der Waals surface area contributed by atoms with Crippen LogP contribution in [0.4, 0.5) is 0 Å². The summed E-state index contributed by atoms with van der Waals surface area (Å²) in [4.78, 5) is 20.7. The highest BCUT2D eigenvalue weighted by Crippen LogP contribution is 2.50. The van der Waals surface area contributed by atoms with E-state index < -0.39 is 11.7 Å². The monoisotopic (exact) mass is 504 g/mol. The van der Waals surface area contributed by atoms with Gasteiger partial charge in [-0.15, -0.1) is 0 Å². The smallest absolute Gasteiger partial charge is 0.251 e. The van der Waals surface area contributed by atoms with Gasteiger partial charge in [0.05, 0.1) is 12.8 Å². The van der Waals surface area contributed by atoms with E-state index in [1.807, 2.05) is 55.1 Å². The topological polar surface area (TPSA) is 70.3 Å². The van der Waals surface area contributed by atoms with Gasteiger partial charge in [-0.2, -0.15) is 5.10 Å². The van der Waals surface area contributed by atoms with E-state index in [1.165, 1.54) is 5.56 Å². The zero-order chi connectivity index (χ0) is 25.8. The fraction of sp³-hybridized carbons (Fsp3) is 0.414. The minimum atomic E-state index is -0.590. The maximum absolute atomic E-state index is 13.4. The largest absolute Gasteiger partial charge is 0.497 e. The molecule has 36 heavy (non-hydrogen) atoms. The van der Waals surface area contributed by atoms with E-state index >= 15 is 0 Å². The Bertz CT molecular complexity index is 1350. The van der Waals surface area contributed by atoms with Gasteiger partial charge in [-0.25, -0.2) is 0 Å². The minimum Gasteiger partial charge on any atom is -0.497 e. The van der Waals surface area contributed by atoms with Gasteiger partial charge in [0.2, 0.25) is 0 Å². The van der Waals surface area contributed by atoms with Crippen molar-refractivity contribution < 1.29 is 9.53 Å². The van der Waals surface area contributed by atoms with Crippen molar-refractivity contribution in [3.05, 3.63) is 81.1 Å². The summed E-state index contributed by atoms with van der Waals surface area (Å²) in [6.07, 6.45) is 1.82. The SMILES string of the molecule is COc1ccc2c(c1)C(c1ccc(Cl)cc1)=NC(N1C(=O)C1(C)CC(C)(C)C)c1n[nH]c(C)c1CC2. The van der Waals surface area contributed by atoms with E-state index in [0.29, 0.717) is 5.02 Å². The first-order valence-electron chi connectivity index (χ1n) is 12.4. The van der Waals surface area contributed by atoms with E-state index in [2.05, 4.69) is 31.9 Å². The van der Waals surface area contributed by atoms with Crippen LogP contribution in [-0.4, -0.2) is 39.4 Å². The van der Waals surface area contributed by atoms with Crippen LogP contribution >= 0.6 is 11.6 Å². The van der Waals surface area contributed by atoms with Gasteiger partial charge in [-0.3, -0.25) is 19.8 Å². The summed E-state index contributed by atoms with van der Waals surface area (Å²) in [5, 5.41) is 8.53. The molecule has 0 bridgehead atoms. The number of fused-ring (bicyclic) bond motifs is 2. The predicted molar refractivity (Wildman–Crippen MR) is 143 cm³/mol. The molecule has 2 aliphatic rings. The average Bonchev–Trinajstić information content (AvgIpc) is 3.12. The Morgan fingerprint density at radius 1 is 1.17 bits per heavy atom. The molecule has 0 saturated carbocycles. The van der Waals surface area contributed by atoms with Gasteiger partial charge in [0, 0.05) is 27.4 Å². The molecular weight excluding hydrogens is 472 g/mol. The number of nitrogens with zero attached hydrogens (tertiary/aromatic N) is 3. The number of methoxy groups -OCH3 is 1. The summed E-state index contributed by atoms with van der Waals surface area (Å²) < 4.78 is 5.59. The van der Waals surface area contributed by atoms with Crippen LogP contribution in [0.25, 0.3) is 0 Å². The summed E-state index contributed by atoms with van der Waals surface area (Å²) in [6, 6.07) is 13.9. The second-order valence-electron chi connectivity index (χ2n) is 11.3. The van der Waals surface area contributed by atoms with Crippen LogP contribution in [0.15, 0.2) is 47.5 Å². The fourth-order valence-corrected chi connectivity index (χ4v) is 5.71. The molecule has 2 aromatic carbocycles. The number of amides is 1. The van der Waals surface area contributed by atoms with Crippen LogP contribution in [0.3, 0.4) is 0 Å². The number of halogens is 1. The highest BCUT2D eigenvalue weighted by Gasteiger charge is 2.63. The van der Waals surface area contributed by atoms with Crippen LogP contribution in [0.2, 0.25) is 5.02 Å². The number of aryl methyl sites for hydroxylation is 2. The number of hydrogen-bond donors (Lipinski definition) is 1. The van der Waals surface area contributed by atoms with Crippen LogP contribution in [0.1, 0.15) is 73.9 Å². The van der Waals surface area contributed by atoms with E-state index in [-0.39, 0.29) is 11.3 Å². The number of H-pyrrole nitrogens is 1. The van der Waals surface area contributed by atoms with Gasteiger partial charge in [0.1, 0.15) is 17.0 Å². The second kappa shape index (κ2) is 8.77. The van der Waals surface area contributed by atoms with Crippen molar-refractivity contribution in [3.8, 4) is 5.75 Å². The standard InChI is InChI=1S/C29H33ClN4O2/c1-17-22-14-10-18-9-13-21(36-6)15-23(18)24(19-7-11-20(30)12-8-19)31-26(25(22)33-32-17)34-27(35)29(34,5)16-28(2,3)4/h7-9,11-13,15,26H,10,14,16H2,1-6H3,(H,32,33). The number of carbonyl (C=O) groups is 1. The van der Waals surface area contributed by atoms with Crippen molar-refractivity contribution in [2.24, 2.45) is 10.4 Å². The highest BCUT2D eigenvalue weighted by atomic mass is 35.5. The zero-order valence-corrected chi connectivity index (χ0v) is 22.5. The van der Waals surface area contributed by atoms with Crippen LogP contribution in [0, 0.1) is 12.3 Å². The van der Waals surface area contributed by atoms with Crippen molar-refractivity contribution in [2.45, 2.75) is 65.6 Å². The number of benzene rings is 2. The van der Waals surface area contributed by atoms with Crippen LogP contribution in [-0.2, 0) is 17.6 Å². The Kier molecular flexibility index (Phi) is 5.98. The number of ether oxygens (including phenoxy) is 1. The summed E-state index contributed by atoms with van der Waals surface area (Å²) in [7, 11) is 1.67. The van der Waals surface area contributed by atoms with Gasteiger partial charge in [-0.05, 0) is 68.4 Å². The lowest BCUT2D eigenvalue weighted by atomic mass is 9.85. The molecule has 2 unspecified atom stereocenters. The molecule has 2 aliphatic heterocycles. The number of carbonyl (C=O) groups excluding carboxylic acids is 1. The molecule has 1 N–H and O–H groups in total. The molecule has 1 aromatic heterocycles. The summed E-state index contributed by atoms with van der Waals surface area (Å²) in [5.41, 5.74) is 6.27. The van der Waals surface area contributed by atoms with E-state index in [9.17, 15) is 4.79 Å². The molecule has 1 fully saturated rings. The Morgan fingerprint density at radius 3 is 2.56 bits per heavy atom. The molecule has 188 valence electrons. The van der Waals surface area contributed by atoms with E-state index in [0.717, 1.165) is 58.8 Å². The lowest BCUT2D eigenvalue weighted by Gasteiger charge is -2.25. The minimum absolute atomic E-state index is 0.00925. The molecule has 3 aromatic rings. The quantitative estimate of drug-likeness (QED) is 0.439. The van der Waals surface area contributed by atoms with Gasteiger partial charge < -0.3 is 4.74 Å². The average molecular weight is 505 g/mol. The van der Waals surface area contributed by atoms with Gasteiger partial charge in [0.15, 0.2) is 6.17 Å². The number of aromatic amines is 1. The fourth-order valence-electron chi connectivity index (χ4n) is 5.59. The van der Waals surface area contributed by atoms with Crippen molar-refractivity contribution in [3.63, 3.8) is 0 Å². The van der Waals surface area contributed by atoms with E-state index in [4.69, 9.17) is 26.4 Å². The molecule has 2 atom stereocenters. The predicted octanol–water partition coefficient (Wildman–Crippen LogP) is 6.05. The molecule has 6 nitrogen and oxygen atoms in total. The molecule has 0 spiro atoms. The Hall–Kier alpha value is -3.12. The highest BCUT2D eigenvalue weighted by molar-refractivity contribution is 6.30. The number of nitrogens with one attached hydrogen (secondary N) is 1. The third-order valence-electron chi connectivity index (χ3n) is 7.22. The molecule has 0 radical (unpaired) electrons. The van der Waals surface area contributed by atoms with Crippen molar-refractivity contribution in [1.29, 1.82) is 0 Å². The summed E-state index contributed by atoms with van der Waals surface area (Å²) in [5.74, 6) is 0.875. The lowest BCUT2D eigenvalue weighted by molar-refractivity contribution is -0.115. The zero-order valence-electron chi connectivity index (χ0n) is 21.8. The first-order valence-corrected chi connectivity index (χ1v) is 12.8. The first kappa shape index (κ1) is 24.6. The van der Waals surface area contributed by atoms with E-state index in [1.54, 1.807) is 7.11 Å². The molecule has 1 saturated heterocycles. The number of rotatable bonds is 4. The van der Waals surface area contributed by atoms with Crippen LogP contribution in [0.5, 0.6) is 5.75 Å². The molecule has 5 rings (SSSR count). The molecule has 7 heteroatoms. The number of aliphatic imine (C=N–C) groups is 1. The van der Waals surface area contributed by atoms with Crippen molar-refractivity contribution >= 4 is 23.2 Å². The number of aromatic nitrogens is 2. The lowest BCUT2D eigenvalue weighted by Crippen LogP contribution is -2.25. The first-order chi connectivity index (χ1) is 17.0. The third kappa shape index (κ3) is 4.32. The molecule has 1 amide bonds. The Morgan fingerprint density at radius 2 is 1.89 bits per heavy atom.